The molecule has 1 aromatic carbocycles. The molecule has 0 spiro atoms. The Morgan fingerprint density at radius 3 is 2.62 bits per heavy atom. The van der Waals surface area contributed by atoms with Crippen LogP contribution in [0.2, 0.25) is 0 Å². The van der Waals surface area contributed by atoms with Crippen molar-refractivity contribution < 1.29 is 0 Å². The van der Waals surface area contributed by atoms with Gasteiger partial charge in [0.05, 0.1) is 5.69 Å². The third-order valence-electron chi connectivity index (χ3n) is 2.72. The summed E-state index contributed by atoms with van der Waals surface area (Å²) in [6.07, 6.45) is 1.82. The number of pyridine rings is 1. The highest BCUT2D eigenvalue weighted by Crippen LogP contribution is 2.22. The number of hydrogen-bond acceptors (Lipinski definition) is 2. The third kappa shape index (κ3) is 2.12. The Hall–Kier alpha value is -1.67. The van der Waals surface area contributed by atoms with Crippen molar-refractivity contribution in [3.8, 4) is 11.3 Å². The number of benzene rings is 1. The minimum absolute atomic E-state index is 0.556. The summed E-state index contributed by atoms with van der Waals surface area (Å²) >= 11 is 0. The van der Waals surface area contributed by atoms with Crippen LogP contribution in [0.4, 0.5) is 0 Å². The highest BCUT2D eigenvalue weighted by molar-refractivity contribution is 5.64. The fourth-order valence-electron chi connectivity index (χ4n) is 1.85. The molecule has 2 nitrogen and oxygen atoms in total. The zero-order valence-corrected chi connectivity index (χ0v) is 9.70. The quantitative estimate of drug-likeness (QED) is 0.831. The molecule has 0 aliphatic heterocycles. The summed E-state index contributed by atoms with van der Waals surface area (Å²) in [6, 6.07) is 10.4. The van der Waals surface area contributed by atoms with Crippen molar-refractivity contribution in [2.75, 3.05) is 0 Å². The molecule has 2 heteroatoms. The maximum Gasteiger partial charge on any atom is 0.0707 e. The smallest absolute Gasteiger partial charge is 0.0707 e. The molecule has 16 heavy (non-hydrogen) atoms. The highest BCUT2D eigenvalue weighted by atomic mass is 14.7. The summed E-state index contributed by atoms with van der Waals surface area (Å²) < 4.78 is 0. The van der Waals surface area contributed by atoms with Crippen molar-refractivity contribution in [1.29, 1.82) is 0 Å². The number of hydrogen-bond donors (Lipinski definition) is 1. The molecular formula is C14H16N2. The maximum absolute atomic E-state index is 5.63. The Kier molecular flexibility index (Phi) is 3.02. The normalized spacial score (nSPS) is 10.4. The molecule has 0 aliphatic rings. The van der Waals surface area contributed by atoms with Gasteiger partial charge in [0.25, 0.3) is 0 Å². The van der Waals surface area contributed by atoms with Gasteiger partial charge in [-0.1, -0.05) is 23.8 Å². The number of aromatic nitrogens is 1. The zero-order valence-electron chi connectivity index (χ0n) is 9.70. The molecule has 1 aromatic heterocycles. The van der Waals surface area contributed by atoms with E-state index in [9.17, 15) is 0 Å². The van der Waals surface area contributed by atoms with Gasteiger partial charge in [-0.15, -0.1) is 0 Å². The van der Waals surface area contributed by atoms with Crippen LogP contribution in [0.25, 0.3) is 11.3 Å². The second kappa shape index (κ2) is 4.45. The molecule has 2 N–H and O–H groups in total. The molecule has 0 amide bonds. The number of aryl methyl sites for hydroxylation is 2. The van der Waals surface area contributed by atoms with Crippen LogP contribution in [0.1, 0.15) is 16.7 Å². The summed E-state index contributed by atoms with van der Waals surface area (Å²) in [6.45, 7) is 4.76. The zero-order chi connectivity index (χ0) is 11.5. The lowest BCUT2D eigenvalue weighted by molar-refractivity contribution is 1.06. The molecule has 0 unspecified atom stereocenters. The number of rotatable bonds is 2. The first-order valence-electron chi connectivity index (χ1n) is 5.43. The van der Waals surface area contributed by atoms with Crippen LogP contribution in [-0.4, -0.2) is 4.98 Å². The lowest BCUT2D eigenvalue weighted by Gasteiger charge is -2.07. The monoisotopic (exact) mass is 212 g/mol. The van der Waals surface area contributed by atoms with Crippen LogP contribution in [0, 0.1) is 13.8 Å². The first-order chi connectivity index (χ1) is 7.70. The average molecular weight is 212 g/mol. The minimum atomic E-state index is 0.556. The van der Waals surface area contributed by atoms with Crippen LogP contribution >= 0.6 is 0 Å². The first kappa shape index (κ1) is 10.8. The van der Waals surface area contributed by atoms with Gasteiger partial charge < -0.3 is 5.73 Å². The van der Waals surface area contributed by atoms with Gasteiger partial charge in [0.15, 0.2) is 0 Å². The van der Waals surface area contributed by atoms with Gasteiger partial charge in [0, 0.05) is 18.3 Å². The SMILES string of the molecule is Cc1ccc(-c2cc(CN)ccn2)c(C)c1. The van der Waals surface area contributed by atoms with Gasteiger partial charge in [0.1, 0.15) is 0 Å². The molecule has 2 aromatic rings. The van der Waals surface area contributed by atoms with E-state index in [0.29, 0.717) is 6.54 Å². The minimum Gasteiger partial charge on any atom is -0.326 e. The van der Waals surface area contributed by atoms with Gasteiger partial charge in [-0.05, 0) is 37.1 Å². The molecule has 0 radical (unpaired) electrons. The van der Waals surface area contributed by atoms with E-state index in [1.165, 1.54) is 16.7 Å². The summed E-state index contributed by atoms with van der Waals surface area (Å²) in [7, 11) is 0. The number of nitrogens with zero attached hydrogens (tertiary/aromatic N) is 1. The predicted molar refractivity (Wildman–Crippen MR) is 67.0 cm³/mol. The Morgan fingerprint density at radius 1 is 1.12 bits per heavy atom. The van der Waals surface area contributed by atoms with E-state index in [-0.39, 0.29) is 0 Å². The lowest BCUT2D eigenvalue weighted by Crippen LogP contribution is -1.97. The molecule has 0 bridgehead atoms. The Balaban J connectivity index is 2.49. The molecule has 0 fully saturated rings. The van der Waals surface area contributed by atoms with E-state index in [1.54, 1.807) is 0 Å². The lowest BCUT2D eigenvalue weighted by atomic mass is 10.0. The fourth-order valence-corrected chi connectivity index (χ4v) is 1.85. The van der Waals surface area contributed by atoms with Crippen LogP contribution in [-0.2, 0) is 6.54 Å². The molecule has 0 saturated heterocycles. The predicted octanol–water partition coefficient (Wildman–Crippen LogP) is 2.82. The molecule has 1 heterocycles. The largest absolute Gasteiger partial charge is 0.326 e. The average Bonchev–Trinajstić information content (AvgIpc) is 2.29. The van der Waals surface area contributed by atoms with Crippen molar-refractivity contribution in [1.82, 2.24) is 4.98 Å². The van der Waals surface area contributed by atoms with E-state index in [0.717, 1.165) is 11.3 Å². The number of nitrogens with two attached hydrogens (primary N) is 1. The Morgan fingerprint density at radius 2 is 1.94 bits per heavy atom. The molecule has 0 aliphatic carbocycles. The standard InChI is InChI=1S/C14H16N2/c1-10-3-4-13(11(2)7-10)14-8-12(9-15)5-6-16-14/h3-8H,9,15H2,1-2H3. The van der Waals surface area contributed by atoms with E-state index < -0.39 is 0 Å². The molecule has 0 saturated carbocycles. The summed E-state index contributed by atoms with van der Waals surface area (Å²) in [4.78, 5) is 4.39. The van der Waals surface area contributed by atoms with E-state index in [1.807, 2.05) is 12.3 Å². The van der Waals surface area contributed by atoms with Crippen LogP contribution < -0.4 is 5.73 Å². The fraction of sp³-hybridized carbons (Fsp3) is 0.214. The summed E-state index contributed by atoms with van der Waals surface area (Å²) in [5.41, 5.74) is 11.5. The molecule has 82 valence electrons. The maximum atomic E-state index is 5.63. The van der Waals surface area contributed by atoms with Gasteiger partial charge in [-0.3, -0.25) is 4.98 Å². The molecule has 0 atom stereocenters. The van der Waals surface area contributed by atoms with Gasteiger partial charge in [-0.2, -0.15) is 0 Å². The van der Waals surface area contributed by atoms with E-state index in [2.05, 4.69) is 43.1 Å². The third-order valence-corrected chi connectivity index (χ3v) is 2.72. The second-order valence-electron chi connectivity index (χ2n) is 4.07. The van der Waals surface area contributed by atoms with Gasteiger partial charge in [0.2, 0.25) is 0 Å². The summed E-state index contributed by atoms with van der Waals surface area (Å²) in [5, 5.41) is 0. The van der Waals surface area contributed by atoms with Crippen LogP contribution in [0.3, 0.4) is 0 Å². The van der Waals surface area contributed by atoms with E-state index in [4.69, 9.17) is 5.73 Å². The Bertz CT molecular complexity index is 504. The Labute approximate surface area is 96.1 Å². The van der Waals surface area contributed by atoms with Crippen LogP contribution in [0.15, 0.2) is 36.5 Å². The molecular weight excluding hydrogens is 196 g/mol. The van der Waals surface area contributed by atoms with Crippen molar-refractivity contribution >= 4 is 0 Å². The van der Waals surface area contributed by atoms with Crippen molar-refractivity contribution in [2.45, 2.75) is 20.4 Å². The summed E-state index contributed by atoms with van der Waals surface area (Å²) in [5.74, 6) is 0. The first-order valence-corrected chi connectivity index (χ1v) is 5.43. The second-order valence-corrected chi connectivity index (χ2v) is 4.07. The van der Waals surface area contributed by atoms with Crippen molar-refractivity contribution in [3.05, 3.63) is 53.2 Å². The molecule has 2 rings (SSSR count). The van der Waals surface area contributed by atoms with Crippen LogP contribution in [0.5, 0.6) is 0 Å². The van der Waals surface area contributed by atoms with Gasteiger partial charge in [-0.25, -0.2) is 0 Å². The highest BCUT2D eigenvalue weighted by Gasteiger charge is 2.03. The van der Waals surface area contributed by atoms with Gasteiger partial charge >= 0.3 is 0 Å². The topological polar surface area (TPSA) is 38.9 Å². The van der Waals surface area contributed by atoms with Crippen molar-refractivity contribution in [3.63, 3.8) is 0 Å². The van der Waals surface area contributed by atoms with E-state index >= 15 is 0 Å². The van der Waals surface area contributed by atoms with Crippen molar-refractivity contribution in [2.24, 2.45) is 5.73 Å².